The van der Waals surface area contributed by atoms with E-state index >= 15 is 0 Å². The van der Waals surface area contributed by atoms with Gasteiger partial charge < -0.3 is 10.6 Å². The molecule has 1 unspecified atom stereocenters. The van der Waals surface area contributed by atoms with Crippen LogP contribution in [0.5, 0.6) is 0 Å². The van der Waals surface area contributed by atoms with Crippen molar-refractivity contribution in [2.24, 2.45) is 0 Å². The number of fused-ring (bicyclic) bond motifs is 1. The normalized spacial score (nSPS) is 18.7. The number of anilines is 1. The summed E-state index contributed by atoms with van der Waals surface area (Å²) < 4.78 is 0. The largest absolute Gasteiger partial charge is 0.324 e. The fraction of sp³-hybridized carbons (Fsp3) is 0.417. The monoisotopic (exact) mass is 268 g/mol. The molecule has 3 nitrogen and oxygen atoms in total. The first-order valence-electron chi connectivity index (χ1n) is 5.54. The second-order valence-electron chi connectivity index (χ2n) is 3.85. The SMILES string of the molecule is CNCCC1Sc2cc(SC)ccc2NC1=O. The predicted octanol–water partition coefficient (Wildman–Crippen LogP) is 2.43. The lowest BCUT2D eigenvalue weighted by Gasteiger charge is -2.24. The van der Waals surface area contributed by atoms with E-state index in [1.54, 1.807) is 23.5 Å². The summed E-state index contributed by atoms with van der Waals surface area (Å²) in [5.74, 6) is 0.120. The number of benzene rings is 1. The van der Waals surface area contributed by atoms with Crippen LogP contribution in [0, 0.1) is 0 Å². The summed E-state index contributed by atoms with van der Waals surface area (Å²) in [5, 5.41) is 6.08. The molecule has 17 heavy (non-hydrogen) atoms. The molecular weight excluding hydrogens is 252 g/mol. The van der Waals surface area contributed by atoms with Gasteiger partial charge in [-0.1, -0.05) is 0 Å². The molecule has 1 aromatic carbocycles. The van der Waals surface area contributed by atoms with E-state index in [1.165, 1.54) is 9.79 Å². The third-order valence-electron chi connectivity index (χ3n) is 2.66. The number of nitrogens with one attached hydrogen (secondary N) is 2. The Morgan fingerprint density at radius 1 is 1.53 bits per heavy atom. The lowest BCUT2D eigenvalue weighted by Crippen LogP contribution is -2.31. The van der Waals surface area contributed by atoms with Crippen LogP contribution in [0.15, 0.2) is 28.0 Å². The Labute approximate surface area is 110 Å². The number of hydrogen-bond donors (Lipinski definition) is 2. The van der Waals surface area contributed by atoms with Crippen molar-refractivity contribution < 1.29 is 4.79 Å². The summed E-state index contributed by atoms with van der Waals surface area (Å²) in [7, 11) is 1.91. The van der Waals surface area contributed by atoms with Crippen LogP contribution in [0.1, 0.15) is 6.42 Å². The van der Waals surface area contributed by atoms with Gasteiger partial charge >= 0.3 is 0 Å². The highest BCUT2D eigenvalue weighted by Crippen LogP contribution is 2.38. The van der Waals surface area contributed by atoms with E-state index in [9.17, 15) is 4.79 Å². The molecular formula is C12H16N2OS2. The third kappa shape index (κ3) is 2.97. The average molecular weight is 268 g/mol. The Kier molecular flexibility index (Phi) is 4.36. The quantitative estimate of drug-likeness (QED) is 0.823. The van der Waals surface area contributed by atoms with Gasteiger partial charge in [-0.2, -0.15) is 0 Å². The van der Waals surface area contributed by atoms with Crippen molar-refractivity contribution in [2.45, 2.75) is 21.5 Å². The van der Waals surface area contributed by atoms with Gasteiger partial charge in [-0.05, 0) is 44.5 Å². The Morgan fingerprint density at radius 3 is 3.06 bits per heavy atom. The van der Waals surface area contributed by atoms with Gasteiger partial charge in [-0.15, -0.1) is 23.5 Å². The molecule has 0 fully saturated rings. The number of amides is 1. The van der Waals surface area contributed by atoms with Crippen LogP contribution < -0.4 is 10.6 Å². The molecule has 1 aliphatic heterocycles. The van der Waals surface area contributed by atoms with Crippen molar-refractivity contribution in [2.75, 3.05) is 25.2 Å². The maximum Gasteiger partial charge on any atom is 0.237 e. The first-order valence-corrected chi connectivity index (χ1v) is 7.65. The molecule has 5 heteroatoms. The molecule has 92 valence electrons. The molecule has 0 aromatic heterocycles. The molecule has 1 amide bonds. The number of carbonyl (C=O) groups excluding carboxylic acids is 1. The Hall–Kier alpha value is -0.650. The second kappa shape index (κ2) is 5.80. The van der Waals surface area contributed by atoms with Crippen LogP contribution in [0.25, 0.3) is 0 Å². The minimum atomic E-state index is 0.0204. The van der Waals surface area contributed by atoms with Gasteiger partial charge in [0, 0.05) is 9.79 Å². The van der Waals surface area contributed by atoms with E-state index in [0.717, 1.165) is 18.7 Å². The Bertz CT molecular complexity index is 423. The van der Waals surface area contributed by atoms with Gasteiger partial charge in [-0.3, -0.25) is 4.79 Å². The summed E-state index contributed by atoms with van der Waals surface area (Å²) in [6, 6.07) is 6.18. The van der Waals surface area contributed by atoms with E-state index in [-0.39, 0.29) is 11.2 Å². The van der Waals surface area contributed by atoms with Crippen LogP contribution in [0.4, 0.5) is 5.69 Å². The summed E-state index contributed by atoms with van der Waals surface area (Å²) in [6.07, 6.45) is 2.92. The van der Waals surface area contributed by atoms with Crippen molar-refractivity contribution in [1.82, 2.24) is 5.32 Å². The smallest absolute Gasteiger partial charge is 0.237 e. The van der Waals surface area contributed by atoms with E-state index < -0.39 is 0 Å². The highest BCUT2D eigenvalue weighted by Gasteiger charge is 2.26. The Balaban J connectivity index is 2.16. The molecule has 2 rings (SSSR count). The fourth-order valence-electron chi connectivity index (χ4n) is 1.72. The standard InChI is InChI=1S/C12H16N2OS2/c1-13-6-5-10-12(15)14-9-4-3-8(16-2)7-11(9)17-10/h3-4,7,10,13H,5-6H2,1-2H3,(H,14,15). The summed E-state index contributed by atoms with van der Waals surface area (Å²) in [4.78, 5) is 14.3. The second-order valence-corrected chi connectivity index (χ2v) is 5.97. The van der Waals surface area contributed by atoms with Crippen molar-refractivity contribution in [3.05, 3.63) is 18.2 Å². The van der Waals surface area contributed by atoms with Crippen molar-refractivity contribution in [1.29, 1.82) is 0 Å². The lowest BCUT2D eigenvalue weighted by atomic mass is 10.2. The highest BCUT2D eigenvalue weighted by atomic mass is 32.2. The summed E-state index contributed by atoms with van der Waals surface area (Å²) >= 11 is 3.39. The van der Waals surface area contributed by atoms with Crippen LogP contribution in [-0.4, -0.2) is 31.0 Å². The molecule has 1 aromatic rings. The highest BCUT2D eigenvalue weighted by molar-refractivity contribution is 8.01. The minimum absolute atomic E-state index is 0.0204. The zero-order valence-corrected chi connectivity index (χ0v) is 11.6. The molecule has 0 radical (unpaired) electrons. The number of hydrogen-bond acceptors (Lipinski definition) is 4. The molecule has 1 heterocycles. The zero-order chi connectivity index (χ0) is 12.3. The number of thioether (sulfide) groups is 2. The molecule has 0 bridgehead atoms. The van der Waals surface area contributed by atoms with Gasteiger partial charge in [0.1, 0.15) is 0 Å². The van der Waals surface area contributed by atoms with Crippen molar-refractivity contribution in [3.63, 3.8) is 0 Å². The van der Waals surface area contributed by atoms with Crippen LogP contribution in [0.2, 0.25) is 0 Å². The lowest BCUT2D eigenvalue weighted by molar-refractivity contribution is -0.115. The minimum Gasteiger partial charge on any atom is -0.324 e. The Morgan fingerprint density at radius 2 is 2.35 bits per heavy atom. The van der Waals surface area contributed by atoms with Crippen LogP contribution in [0.3, 0.4) is 0 Å². The van der Waals surface area contributed by atoms with E-state index in [1.807, 2.05) is 19.2 Å². The van der Waals surface area contributed by atoms with Gasteiger partial charge in [0.2, 0.25) is 5.91 Å². The molecule has 2 N–H and O–H groups in total. The van der Waals surface area contributed by atoms with Crippen LogP contribution in [-0.2, 0) is 4.79 Å². The molecule has 0 aliphatic carbocycles. The first-order chi connectivity index (χ1) is 8.24. The molecule has 0 saturated heterocycles. The van der Waals surface area contributed by atoms with Gasteiger partial charge in [-0.25, -0.2) is 0 Å². The van der Waals surface area contributed by atoms with E-state index in [0.29, 0.717) is 0 Å². The van der Waals surface area contributed by atoms with Gasteiger partial charge in [0.05, 0.1) is 10.9 Å². The van der Waals surface area contributed by atoms with Gasteiger partial charge in [0.25, 0.3) is 0 Å². The van der Waals surface area contributed by atoms with Crippen LogP contribution >= 0.6 is 23.5 Å². The van der Waals surface area contributed by atoms with E-state index in [4.69, 9.17) is 0 Å². The van der Waals surface area contributed by atoms with Crippen molar-refractivity contribution in [3.8, 4) is 0 Å². The maximum atomic E-state index is 11.9. The van der Waals surface area contributed by atoms with Gasteiger partial charge in [0.15, 0.2) is 0 Å². The fourth-order valence-corrected chi connectivity index (χ4v) is 3.38. The predicted molar refractivity (Wildman–Crippen MR) is 75.0 cm³/mol. The number of carbonyl (C=O) groups is 1. The molecule has 1 aliphatic rings. The van der Waals surface area contributed by atoms with E-state index in [2.05, 4.69) is 23.0 Å². The molecule has 0 spiro atoms. The molecule has 0 saturated carbocycles. The summed E-state index contributed by atoms with van der Waals surface area (Å²) in [6.45, 7) is 0.864. The number of rotatable bonds is 4. The maximum absolute atomic E-state index is 11.9. The average Bonchev–Trinajstić information content (AvgIpc) is 2.35. The summed E-state index contributed by atoms with van der Waals surface area (Å²) in [5.41, 5.74) is 0.943. The topological polar surface area (TPSA) is 41.1 Å². The molecule has 1 atom stereocenters. The first kappa shape index (κ1) is 12.8. The zero-order valence-electron chi connectivity index (χ0n) is 9.95. The third-order valence-corrected chi connectivity index (χ3v) is 4.72. The van der Waals surface area contributed by atoms with Crippen molar-refractivity contribution >= 4 is 35.1 Å².